The Morgan fingerprint density at radius 3 is 2.54 bits per heavy atom. The predicted octanol–water partition coefficient (Wildman–Crippen LogP) is 3.92. The van der Waals surface area contributed by atoms with Crippen LogP contribution >= 0.6 is 11.6 Å². The third kappa shape index (κ3) is 7.15. The maximum Gasteiger partial charge on any atom is 0.347 e. The lowest BCUT2D eigenvalue weighted by Gasteiger charge is -2.18. The van der Waals surface area contributed by atoms with Crippen LogP contribution in [0.1, 0.15) is 38.0 Å². The number of halogens is 1. The molecule has 0 amide bonds. The fourth-order valence-electron chi connectivity index (χ4n) is 2.79. The number of ether oxygens (including phenoxy) is 2. The van der Waals surface area contributed by atoms with Crippen molar-refractivity contribution in [2.75, 3.05) is 13.2 Å². The van der Waals surface area contributed by atoms with E-state index in [2.05, 4.69) is 12.2 Å². The average molecular weight is 406 g/mol. The second-order valence-electron chi connectivity index (χ2n) is 6.74. The lowest BCUT2D eigenvalue weighted by molar-refractivity contribution is -0.150. The van der Waals surface area contributed by atoms with Gasteiger partial charge >= 0.3 is 5.97 Å². The van der Waals surface area contributed by atoms with E-state index in [1.165, 1.54) is 0 Å². The zero-order chi connectivity index (χ0) is 20.5. The van der Waals surface area contributed by atoms with Gasteiger partial charge in [-0.25, -0.2) is 4.79 Å². The molecular formula is C22H28ClNO4. The van der Waals surface area contributed by atoms with E-state index in [0.29, 0.717) is 23.9 Å². The van der Waals surface area contributed by atoms with Gasteiger partial charge in [-0.3, -0.25) is 0 Å². The Balaban J connectivity index is 1.80. The molecule has 0 heterocycles. The van der Waals surface area contributed by atoms with Crippen LogP contribution in [0.2, 0.25) is 5.02 Å². The number of esters is 1. The van der Waals surface area contributed by atoms with Gasteiger partial charge in [-0.15, -0.1) is 0 Å². The first-order valence-electron chi connectivity index (χ1n) is 9.48. The summed E-state index contributed by atoms with van der Waals surface area (Å²) in [7, 11) is 0. The van der Waals surface area contributed by atoms with Crippen LogP contribution in [0.5, 0.6) is 5.75 Å². The van der Waals surface area contributed by atoms with Crippen molar-refractivity contribution in [2.45, 2.75) is 45.4 Å². The number of carbonyl (C=O) groups is 1. The van der Waals surface area contributed by atoms with Gasteiger partial charge in [0.2, 0.25) is 0 Å². The first-order chi connectivity index (χ1) is 13.4. The maximum absolute atomic E-state index is 11.6. The van der Waals surface area contributed by atoms with Gasteiger partial charge in [0.15, 0.2) is 6.10 Å². The van der Waals surface area contributed by atoms with Crippen LogP contribution in [0, 0.1) is 0 Å². The van der Waals surface area contributed by atoms with Crippen molar-refractivity contribution in [1.29, 1.82) is 0 Å². The Labute approximate surface area is 171 Å². The molecule has 0 aliphatic rings. The molecule has 0 aliphatic carbocycles. The fourth-order valence-corrected chi connectivity index (χ4v) is 2.98. The van der Waals surface area contributed by atoms with Crippen molar-refractivity contribution in [3.63, 3.8) is 0 Å². The lowest BCUT2D eigenvalue weighted by Crippen LogP contribution is -2.32. The van der Waals surface area contributed by atoms with Crippen LogP contribution in [0.3, 0.4) is 0 Å². The number of carbonyl (C=O) groups excluding carboxylic acids is 1. The second-order valence-corrected chi connectivity index (χ2v) is 7.18. The van der Waals surface area contributed by atoms with E-state index in [0.717, 1.165) is 17.5 Å². The van der Waals surface area contributed by atoms with Crippen molar-refractivity contribution >= 4 is 17.6 Å². The Morgan fingerprint density at radius 1 is 1.18 bits per heavy atom. The fraction of sp³-hybridized carbons (Fsp3) is 0.409. The summed E-state index contributed by atoms with van der Waals surface area (Å²) in [5.74, 6) is 0.254. The minimum atomic E-state index is -0.639. The minimum Gasteiger partial charge on any atom is -0.479 e. The number of nitrogens with one attached hydrogen (secondary N) is 1. The number of hydrogen-bond acceptors (Lipinski definition) is 5. The molecule has 28 heavy (non-hydrogen) atoms. The third-order valence-electron chi connectivity index (χ3n) is 4.29. The molecule has 0 spiro atoms. The highest BCUT2D eigenvalue weighted by atomic mass is 35.5. The van der Waals surface area contributed by atoms with E-state index in [4.69, 9.17) is 21.1 Å². The SMILES string of the molecule is CCOC(=O)C(C)Oc1ccc(CC(C)NCC(O)c2cccc(Cl)c2)cc1. The Bertz CT molecular complexity index is 750. The first-order valence-corrected chi connectivity index (χ1v) is 9.86. The molecule has 0 fully saturated rings. The van der Waals surface area contributed by atoms with Gasteiger partial charge in [0.05, 0.1) is 12.7 Å². The third-order valence-corrected chi connectivity index (χ3v) is 4.52. The molecule has 0 saturated heterocycles. The Hall–Kier alpha value is -2.08. The Kier molecular flexibility index (Phi) is 8.77. The van der Waals surface area contributed by atoms with E-state index in [1.807, 2.05) is 36.4 Å². The maximum atomic E-state index is 11.6. The molecule has 3 unspecified atom stereocenters. The van der Waals surface area contributed by atoms with Crippen LogP contribution in [0.15, 0.2) is 48.5 Å². The molecule has 0 aliphatic heterocycles. The van der Waals surface area contributed by atoms with E-state index in [1.54, 1.807) is 26.0 Å². The molecule has 5 nitrogen and oxygen atoms in total. The van der Waals surface area contributed by atoms with E-state index < -0.39 is 12.2 Å². The van der Waals surface area contributed by atoms with E-state index >= 15 is 0 Å². The van der Waals surface area contributed by atoms with Gasteiger partial charge in [0.1, 0.15) is 5.75 Å². The van der Waals surface area contributed by atoms with Gasteiger partial charge < -0.3 is 19.9 Å². The summed E-state index contributed by atoms with van der Waals surface area (Å²) >= 11 is 5.97. The standard InChI is InChI=1S/C22H28ClNO4/c1-4-27-22(26)16(3)28-20-10-8-17(9-11-20)12-15(2)24-14-21(25)18-6-5-7-19(23)13-18/h5-11,13,15-16,21,24-25H,4,12,14H2,1-3H3. The topological polar surface area (TPSA) is 67.8 Å². The zero-order valence-electron chi connectivity index (χ0n) is 16.5. The number of aliphatic hydroxyl groups excluding tert-OH is 1. The van der Waals surface area contributed by atoms with E-state index in [9.17, 15) is 9.90 Å². The van der Waals surface area contributed by atoms with Crippen molar-refractivity contribution in [1.82, 2.24) is 5.32 Å². The number of rotatable bonds is 10. The highest BCUT2D eigenvalue weighted by molar-refractivity contribution is 6.30. The number of hydrogen-bond donors (Lipinski definition) is 2. The molecule has 152 valence electrons. The van der Waals surface area contributed by atoms with Gasteiger partial charge in [0.25, 0.3) is 0 Å². The minimum absolute atomic E-state index is 0.180. The quantitative estimate of drug-likeness (QED) is 0.586. The second kappa shape index (κ2) is 11.1. The zero-order valence-corrected chi connectivity index (χ0v) is 17.3. The summed E-state index contributed by atoms with van der Waals surface area (Å²) in [5.41, 5.74) is 1.93. The van der Waals surface area contributed by atoms with Crippen LogP contribution in [0.4, 0.5) is 0 Å². The van der Waals surface area contributed by atoms with Crippen LogP contribution in [-0.2, 0) is 16.0 Å². The first kappa shape index (κ1) is 22.2. The van der Waals surface area contributed by atoms with Crippen molar-refractivity contribution < 1.29 is 19.4 Å². The van der Waals surface area contributed by atoms with Crippen LogP contribution in [0.25, 0.3) is 0 Å². The molecule has 2 aromatic carbocycles. The lowest BCUT2D eigenvalue weighted by atomic mass is 10.1. The van der Waals surface area contributed by atoms with Crippen molar-refractivity contribution in [2.24, 2.45) is 0 Å². The smallest absolute Gasteiger partial charge is 0.347 e. The molecule has 0 bridgehead atoms. The normalized spacial score (nSPS) is 14.2. The monoisotopic (exact) mass is 405 g/mol. The number of aliphatic hydroxyl groups is 1. The predicted molar refractivity (Wildman–Crippen MR) is 111 cm³/mol. The van der Waals surface area contributed by atoms with Crippen LogP contribution in [-0.4, -0.2) is 36.4 Å². The average Bonchev–Trinajstić information content (AvgIpc) is 2.67. The largest absolute Gasteiger partial charge is 0.479 e. The summed E-state index contributed by atoms with van der Waals surface area (Å²) in [6.07, 6.45) is -0.448. The van der Waals surface area contributed by atoms with Gasteiger partial charge in [-0.1, -0.05) is 35.9 Å². The van der Waals surface area contributed by atoms with Gasteiger partial charge in [-0.05, 0) is 62.6 Å². The van der Waals surface area contributed by atoms with E-state index in [-0.39, 0.29) is 12.0 Å². The molecule has 0 saturated carbocycles. The molecular weight excluding hydrogens is 378 g/mol. The van der Waals surface area contributed by atoms with Gasteiger partial charge in [0, 0.05) is 17.6 Å². The summed E-state index contributed by atoms with van der Waals surface area (Å²) in [6, 6.07) is 15.1. The van der Waals surface area contributed by atoms with Gasteiger partial charge in [-0.2, -0.15) is 0 Å². The molecule has 0 radical (unpaired) electrons. The molecule has 2 N–H and O–H groups in total. The number of benzene rings is 2. The Morgan fingerprint density at radius 2 is 1.89 bits per heavy atom. The summed E-state index contributed by atoms with van der Waals surface area (Å²) in [4.78, 5) is 11.6. The molecule has 6 heteroatoms. The molecule has 2 aromatic rings. The molecule has 2 rings (SSSR count). The summed E-state index contributed by atoms with van der Waals surface area (Å²) < 4.78 is 10.5. The van der Waals surface area contributed by atoms with Crippen molar-refractivity contribution in [3.8, 4) is 5.75 Å². The van der Waals surface area contributed by atoms with Crippen molar-refractivity contribution in [3.05, 3.63) is 64.7 Å². The highest BCUT2D eigenvalue weighted by Crippen LogP contribution is 2.18. The summed E-state index contributed by atoms with van der Waals surface area (Å²) in [5, 5.41) is 14.2. The molecule has 0 aromatic heterocycles. The van der Waals surface area contributed by atoms with Crippen LogP contribution < -0.4 is 10.1 Å². The molecule has 3 atom stereocenters. The highest BCUT2D eigenvalue weighted by Gasteiger charge is 2.15. The summed E-state index contributed by atoms with van der Waals surface area (Å²) in [6.45, 7) is 6.28.